The number of aromatic nitrogens is 2. The highest BCUT2D eigenvalue weighted by atomic mass is 16.3. The molecule has 1 atom stereocenters. The Labute approximate surface area is 135 Å². The van der Waals surface area contributed by atoms with Gasteiger partial charge in [-0.3, -0.25) is 4.79 Å². The number of likely N-dealkylation sites (tertiary alicyclic amines) is 1. The zero-order chi connectivity index (χ0) is 16.3. The number of imidazole rings is 1. The second-order valence-electron chi connectivity index (χ2n) is 6.29. The molecule has 124 valence electrons. The molecular weight excluding hydrogens is 294 g/mol. The average Bonchev–Trinajstić information content (AvgIpc) is 2.88. The number of carbonyl (C=O) groups is 1. The van der Waals surface area contributed by atoms with Gasteiger partial charge in [0, 0.05) is 26.1 Å². The van der Waals surface area contributed by atoms with E-state index in [-0.39, 0.29) is 12.5 Å². The van der Waals surface area contributed by atoms with Gasteiger partial charge in [-0.1, -0.05) is 12.1 Å². The zero-order valence-electron chi connectivity index (χ0n) is 13.2. The number of hydrogen-bond acceptors (Lipinski definition) is 4. The molecule has 1 saturated heterocycles. The fourth-order valence-electron chi connectivity index (χ4n) is 3.15. The lowest BCUT2D eigenvalue weighted by Gasteiger charge is -2.24. The zero-order valence-corrected chi connectivity index (χ0v) is 13.2. The summed E-state index contributed by atoms with van der Waals surface area (Å²) >= 11 is 0. The number of fused-ring (bicyclic) bond motifs is 1. The number of hydrogen-bond donors (Lipinski definition) is 2. The van der Waals surface area contributed by atoms with Crippen LogP contribution < -0.4 is 0 Å². The molecule has 1 aromatic carbocycles. The second-order valence-corrected chi connectivity index (χ2v) is 6.29. The van der Waals surface area contributed by atoms with Crippen LogP contribution in [-0.2, 0) is 11.3 Å². The molecule has 1 fully saturated rings. The van der Waals surface area contributed by atoms with Gasteiger partial charge in [0.25, 0.3) is 0 Å². The standard InChI is InChI=1S/C17H23N3O3/c21-12-17(23)7-3-9-19(11-8-17)16(22)6-10-20-13-18-14-4-1-2-5-15(14)20/h1-2,4-5,13,21,23H,3,6-12H2/t17-/m0/s1. The van der Waals surface area contributed by atoms with Gasteiger partial charge < -0.3 is 19.7 Å². The predicted molar refractivity (Wildman–Crippen MR) is 86.8 cm³/mol. The molecule has 0 aliphatic carbocycles. The minimum absolute atomic E-state index is 0.0879. The third-order valence-electron chi connectivity index (χ3n) is 4.66. The van der Waals surface area contributed by atoms with E-state index in [1.54, 1.807) is 11.2 Å². The van der Waals surface area contributed by atoms with Crippen molar-refractivity contribution in [3.05, 3.63) is 30.6 Å². The van der Waals surface area contributed by atoms with E-state index in [9.17, 15) is 15.0 Å². The summed E-state index contributed by atoms with van der Waals surface area (Å²) in [6, 6.07) is 7.87. The summed E-state index contributed by atoms with van der Waals surface area (Å²) in [5.41, 5.74) is 0.934. The molecule has 0 spiro atoms. The largest absolute Gasteiger partial charge is 0.393 e. The summed E-state index contributed by atoms with van der Waals surface area (Å²) in [5, 5.41) is 19.4. The Kier molecular flexibility index (Phi) is 4.63. The molecule has 1 amide bonds. The minimum atomic E-state index is -1.03. The molecule has 0 radical (unpaired) electrons. The summed E-state index contributed by atoms with van der Waals surface area (Å²) in [5.74, 6) is 0.0879. The highest BCUT2D eigenvalue weighted by molar-refractivity contribution is 5.77. The number of rotatable bonds is 4. The topological polar surface area (TPSA) is 78.6 Å². The van der Waals surface area contributed by atoms with E-state index in [1.165, 1.54) is 0 Å². The van der Waals surface area contributed by atoms with Crippen molar-refractivity contribution in [1.82, 2.24) is 14.5 Å². The van der Waals surface area contributed by atoms with E-state index in [2.05, 4.69) is 4.98 Å². The molecule has 0 saturated carbocycles. The normalized spacial score (nSPS) is 22.3. The van der Waals surface area contributed by atoms with Gasteiger partial charge in [-0.25, -0.2) is 4.98 Å². The number of aliphatic hydroxyl groups is 2. The van der Waals surface area contributed by atoms with Gasteiger partial charge in [0.1, 0.15) is 0 Å². The number of aliphatic hydroxyl groups excluding tert-OH is 1. The van der Waals surface area contributed by atoms with Gasteiger partial charge in [-0.05, 0) is 31.4 Å². The lowest BCUT2D eigenvalue weighted by Crippen LogP contribution is -2.36. The summed E-state index contributed by atoms with van der Waals surface area (Å²) < 4.78 is 2.00. The number of aryl methyl sites for hydroxylation is 1. The van der Waals surface area contributed by atoms with Gasteiger partial charge >= 0.3 is 0 Å². The smallest absolute Gasteiger partial charge is 0.224 e. The second kappa shape index (κ2) is 6.68. The number of benzene rings is 1. The van der Waals surface area contributed by atoms with Crippen LogP contribution in [0, 0.1) is 0 Å². The van der Waals surface area contributed by atoms with Gasteiger partial charge in [-0.15, -0.1) is 0 Å². The number of amides is 1. The molecule has 23 heavy (non-hydrogen) atoms. The monoisotopic (exact) mass is 317 g/mol. The number of para-hydroxylation sites is 2. The van der Waals surface area contributed by atoms with Crippen LogP contribution in [0.1, 0.15) is 25.7 Å². The first-order valence-corrected chi connectivity index (χ1v) is 8.12. The fraction of sp³-hybridized carbons (Fsp3) is 0.529. The fourth-order valence-corrected chi connectivity index (χ4v) is 3.15. The quantitative estimate of drug-likeness (QED) is 0.887. The van der Waals surface area contributed by atoms with Gasteiger partial charge in [0.2, 0.25) is 5.91 Å². The van der Waals surface area contributed by atoms with Crippen molar-refractivity contribution in [3.63, 3.8) is 0 Å². The van der Waals surface area contributed by atoms with Crippen molar-refractivity contribution in [2.45, 2.75) is 37.8 Å². The summed E-state index contributed by atoms with van der Waals surface area (Å²) in [6.07, 6.45) is 3.88. The molecule has 1 aromatic heterocycles. The van der Waals surface area contributed by atoms with E-state index in [1.807, 2.05) is 28.8 Å². The van der Waals surface area contributed by atoms with Crippen molar-refractivity contribution >= 4 is 16.9 Å². The van der Waals surface area contributed by atoms with Crippen molar-refractivity contribution in [2.75, 3.05) is 19.7 Å². The minimum Gasteiger partial charge on any atom is -0.393 e. The van der Waals surface area contributed by atoms with Crippen molar-refractivity contribution in [3.8, 4) is 0 Å². The maximum atomic E-state index is 12.4. The Hall–Kier alpha value is -1.92. The molecule has 0 unspecified atom stereocenters. The first-order valence-electron chi connectivity index (χ1n) is 8.12. The molecule has 2 aromatic rings. The Morgan fingerprint density at radius 3 is 2.91 bits per heavy atom. The van der Waals surface area contributed by atoms with Gasteiger partial charge in [0.15, 0.2) is 0 Å². The van der Waals surface area contributed by atoms with Crippen LogP contribution in [0.4, 0.5) is 0 Å². The molecule has 1 aliphatic rings. The predicted octanol–water partition coefficient (Wildman–Crippen LogP) is 1.16. The van der Waals surface area contributed by atoms with E-state index >= 15 is 0 Å². The molecule has 2 N–H and O–H groups in total. The Bertz CT molecular complexity index is 685. The molecule has 6 heteroatoms. The van der Waals surface area contributed by atoms with Crippen LogP contribution in [0.25, 0.3) is 11.0 Å². The third kappa shape index (κ3) is 3.54. The first kappa shape index (κ1) is 16.0. The molecule has 6 nitrogen and oxygen atoms in total. The molecular formula is C17H23N3O3. The van der Waals surface area contributed by atoms with Crippen molar-refractivity contribution in [2.24, 2.45) is 0 Å². The van der Waals surface area contributed by atoms with Crippen molar-refractivity contribution in [1.29, 1.82) is 0 Å². The number of carbonyl (C=O) groups excluding carboxylic acids is 1. The maximum absolute atomic E-state index is 12.4. The summed E-state index contributed by atoms with van der Waals surface area (Å²) in [6.45, 7) is 1.50. The van der Waals surface area contributed by atoms with Crippen molar-refractivity contribution < 1.29 is 15.0 Å². The molecule has 1 aliphatic heterocycles. The highest BCUT2D eigenvalue weighted by Crippen LogP contribution is 2.22. The Morgan fingerprint density at radius 2 is 2.09 bits per heavy atom. The first-order chi connectivity index (χ1) is 11.1. The molecule has 2 heterocycles. The van der Waals surface area contributed by atoms with E-state index in [0.717, 1.165) is 17.5 Å². The Morgan fingerprint density at radius 1 is 1.26 bits per heavy atom. The van der Waals surface area contributed by atoms with Crippen LogP contribution in [0.3, 0.4) is 0 Å². The molecule has 0 bridgehead atoms. The van der Waals surface area contributed by atoms with Crippen LogP contribution >= 0.6 is 0 Å². The SMILES string of the molecule is O=C(CCn1cnc2ccccc21)N1CCC[C@@](O)(CO)CC1. The van der Waals surface area contributed by atoms with E-state index < -0.39 is 5.60 Å². The number of nitrogens with zero attached hydrogens (tertiary/aromatic N) is 3. The van der Waals surface area contributed by atoms with E-state index in [0.29, 0.717) is 38.9 Å². The summed E-state index contributed by atoms with van der Waals surface area (Å²) in [7, 11) is 0. The highest BCUT2D eigenvalue weighted by Gasteiger charge is 2.30. The maximum Gasteiger partial charge on any atom is 0.224 e. The average molecular weight is 317 g/mol. The van der Waals surface area contributed by atoms with Crippen LogP contribution in [0.15, 0.2) is 30.6 Å². The Balaban J connectivity index is 1.59. The van der Waals surface area contributed by atoms with Gasteiger partial charge in [-0.2, -0.15) is 0 Å². The van der Waals surface area contributed by atoms with Gasteiger partial charge in [0.05, 0.1) is 29.6 Å². The van der Waals surface area contributed by atoms with Crippen LogP contribution in [0.2, 0.25) is 0 Å². The van der Waals surface area contributed by atoms with Crippen LogP contribution in [-0.4, -0.2) is 55.9 Å². The third-order valence-corrected chi connectivity index (χ3v) is 4.66. The lowest BCUT2D eigenvalue weighted by molar-refractivity contribution is -0.131. The summed E-state index contributed by atoms with van der Waals surface area (Å²) in [4.78, 5) is 18.6. The van der Waals surface area contributed by atoms with Crippen LogP contribution in [0.5, 0.6) is 0 Å². The van der Waals surface area contributed by atoms with E-state index in [4.69, 9.17) is 0 Å². The lowest BCUT2D eigenvalue weighted by atomic mass is 9.96. The molecule has 3 rings (SSSR count).